The van der Waals surface area contributed by atoms with Crippen molar-refractivity contribution in [2.45, 2.75) is 24.1 Å². The van der Waals surface area contributed by atoms with Gasteiger partial charge >= 0.3 is 11.9 Å². The third kappa shape index (κ3) is 4.49. The number of benzene rings is 4. The normalized spacial score (nSPS) is 22.1. The van der Waals surface area contributed by atoms with Crippen LogP contribution in [-0.4, -0.2) is 30.0 Å². The van der Waals surface area contributed by atoms with Gasteiger partial charge in [0.1, 0.15) is 6.04 Å². The van der Waals surface area contributed by atoms with Gasteiger partial charge in [-0.1, -0.05) is 113 Å². The second-order valence-electron chi connectivity index (χ2n) is 10.4. The predicted octanol–water partition coefficient (Wildman–Crippen LogP) is 6.96. The lowest BCUT2D eigenvalue weighted by Gasteiger charge is -2.36. The lowest BCUT2D eigenvalue weighted by atomic mass is 9.67. The third-order valence-electron chi connectivity index (χ3n) is 8.19. The standard InChI is InChI=1S/C35H27BrN2O4/c1-41-34(40)35(22-37)29(24-16-18-27(36)19-17-24)30(38-21-20-23-10-8-9-15-28(23)32(35)38)33(39)42-31(25-11-4-2-5-12-25)26-13-6-3-7-14-26/h2-21,29-32H,1H3/t29-,30+,32+,35-/m1/s1. The molecular weight excluding hydrogens is 592 g/mol. The molecule has 0 aromatic heterocycles. The van der Waals surface area contributed by atoms with E-state index in [1.807, 2.05) is 120 Å². The number of nitrogens with zero attached hydrogens (tertiary/aromatic N) is 2. The third-order valence-corrected chi connectivity index (χ3v) is 8.72. The minimum Gasteiger partial charge on any atom is -0.468 e. The summed E-state index contributed by atoms with van der Waals surface area (Å²) in [7, 11) is 1.28. The van der Waals surface area contributed by atoms with Crippen molar-refractivity contribution in [1.82, 2.24) is 4.90 Å². The lowest BCUT2D eigenvalue weighted by Crippen LogP contribution is -2.41. The van der Waals surface area contributed by atoms with E-state index in [1.54, 1.807) is 6.20 Å². The first-order chi connectivity index (χ1) is 20.5. The number of methoxy groups -OCH3 is 1. The molecule has 0 saturated carbocycles. The van der Waals surface area contributed by atoms with E-state index in [0.29, 0.717) is 5.56 Å². The maximum Gasteiger partial charge on any atom is 0.330 e. The largest absolute Gasteiger partial charge is 0.468 e. The van der Waals surface area contributed by atoms with Crippen molar-refractivity contribution in [1.29, 1.82) is 5.26 Å². The topological polar surface area (TPSA) is 79.6 Å². The molecule has 1 fully saturated rings. The summed E-state index contributed by atoms with van der Waals surface area (Å²) in [5, 5.41) is 10.9. The first-order valence-electron chi connectivity index (χ1n) is 13.6. The minimum absolute atomic E-state index is 0.546. The Balaban J connectivity index is 1.54. The number of carbonyl (C=O) groups is 2. The van der Waals surface area contributed by atoms with Crippen LogP contribution in [0.25, 0.3) is 6.08 Å². The summed E-state index contributed by atoms with van der Waals surface area (Å²) < 4.78 is 12.6. The van der Waals surface area contributed by atoms with Crippen LogP contribution < -0.4 is 0 Å². The highest BCUT2D eigenvalue weighted by Crippen LogP contribution is 2.60. The molecular formula is C35H27BrN2O4. The fourth-order valence-electron chi connectivity index (χ4n) is 6.38. The molecule has 0 aliphatic carbocycles. The van der Waals surface area contributed by atoms with Crippen LogP contribution >= 0.6 is 15.9 Å². The van der Waals surface area contributed by atoms with E-state index in [0.717, 1.165) is 26.7 Å². The fourth-order valence-corrected chi connectivity index (χ4v) is 6.64. The van der Waals surface area contributed by atoms with Gasteiger partial charge in [-0.15, -0.1) is 0 Å². The zero-order valence-electron chi connectivity index (χ0n) is 22.8. The molecule has 2 heterocycles. The molecule has 0 amide bonds. The molecule has 4 atom stereocenters. The van der Waals surface area contributed by atoms with Gasteiger partial charge < -0.3 is 14.4 Å². The summed E-state index contributed by atoms with van der Waals surface area (Å²) in [6.07, 6.45) is 3.01. The summed E-state index contributed by atoms with van der Waals surface area (Å²) in [5.41, 5.74) is 2.17. The van der Waals surface area contributed by atoms with Crippen molar-refractivity contribution in [2.75, 3.05) is 7.11 Å². The van der Waals surface area contributed by atoms with Crippen molar-refractivity contribution in [3.05, 3.63) is 148 Å². The van der Waals surface area contributed by atoms with Gasteiger partial charge in [0.2, 0.25) is 0 Å². The average Bonchev–Trinajstić information content (AvgIpc) is 3.36. The predicted molar refractivity (Wildman–Crippen MR) is 162 cm³/mol. The van der Waals surface area contributed by atoms with Crippen LogP contribution in [0.15, 0.2) is 120 Å². The van der Waals surface area contributed by atoms with E-state index in [1.165, 1.54) is 7.11 Å². The van der Waals surface area contributed by atoms with Gasteiger partial charge in [0.05, 0.1) is 19.2 Å². The van der Waals surface area contributed by atoms with Gasteiger partial charge in [-0.05, 0) is 46.0 Å². The molecule has 7 heteroatoms. The molecule has 208 valence electrons. The highest BCUT2D eigenvalue weighted by molar-refractivity contribution is 9.10. The van der Waals surface area contributed by atoms with Gasteiger partial charge in [0.15, 0.2) is 11.5 Å². The van der Waals surface area contributed by atoms with Crippen molar-refractivity contribution in [2.24, 2.45) is 5.41 Å². The van der Waals surface area contributed by atoms with Gasteiger partial charge in [0, 0.05) is 16.6 Å². The smallest absolute Gasteiger partial charge is 0.330 e. The molecule has 0 unspecified atom stereocenters. The molecule has 2 aliphatic heterocycles. The molecule has 42 heavy (non-hydrogen) atoms. The Bertz CT molecular complexity index is 1640. The molecule has 2 aliphatic rings. The Kier molecular flexibility index (Phi) is 7.40. The number of carbonyl (C=O) groups excluding carboxylic acids is 2. The monoisotopic (exact) mass is 618 g/mol. The first kappa shape index (κ1) is 27.5. The van der Waals surface area contributed by atoms with Crippen LogP contribution in [0.3, 0.4) is 0 Å². The van der Waals surface area contributed by atoms with Crippen LogP contribution in [0.2, 0.25) is 0 Å². The average molecular weight is 620 g/mol. The molecule has 0 bridgehead atoms. The zero-order valence-corrected chi connectivity index (χ0v) is 24.3. The number of rotatable bonds is 6. The van der Waals surface area contributed by atoms with Crippen LogP contribution in [0, 0.1) is 16.7 Å². The maximum atomic E-state index is 14.6. The quantitative estimate of drug-likeness (QED) is 0.217. The molecule has 0 N–H and O–H groups in total. The second-order valence-corrected chi connectivity index (χ2v) is 11.3. The highest BCUT2D eigenvalue weighted by Gasteiger charge is 2.68. The van der Waals surface area contributed by atoms with Crippen molar-refractivity contribution in [3.8, 4) is 6.07 Å². The molecule has 6 rings (SSSR count). The summed E-state index contributed by atoms with van der Waals surface area (Å²) in [4.78, 5) is 30.2. The molecule has 0 radical (unpaired) electrons. The van der Waals surface area contributed by atoms with Crippen LogP contribution in [0.4, 0.5) is 0 Å². The fraction of sp³-hybridized carbons (Fsp3) is 0.171. The zero-order chi connectivity index (χ0) is 29.3. The van der Waals surface area contributed by atoms with Gasteiger partial charge in [-0.3, -0.25) is 4.79 Å². The lowest BCUT2D eigenvalue weighted by molar-refractivity contribution is -0.153. The van der Waals surface area contributed by atoms with E-state index in [2.05, 4.69) is 22.0 Å². The van der Waals surface area contributed by atoms with Crippen LogP contribution in [0.5, 0.6) is 0 Å². The SMILES string of the molecule is COC(=O)[C@]1(C#N)[C@H](c2ccc(Br)cc2)[C@@H](C(=O)OC(c2ccccc2)c2ccccc2)N2C=Cc3ccccc3[C@H]21. The van der Waals surface area contributed by atoms with E-state index in [-0.39, 0.29) is 0 Å². The Morgan fingerprint density at radius 3 is 2.07 bits per heavy atom. The number of hydrogen-bond donors (Lipinski definition) is 0. The molecule has 1 saturated heterocycles. The van der Waals surface area contributed by atoms with Gasteiger partial charge in [-0.25, -0.2) is 4.79 Å². The van der Waals surface area contributed by atoms with Crippen molar-refractivity contribution >= 4 is 33.9 Å². The summed E-state index contributed by atoms with van der Waals surface area (Å²) >= 11 is 3.48. The Morgan fingerprint density at radius 1 is 0.881 bits per heavy atom. The van der Waals surface area contributed by atoms with E-state index >= 15 is 0 Å². The van der Waals surface area contributed by atoms with Gasteiger partial charge in [-0.2, -0.15) is 5.26 Å². The van der Waals surface area contributed by atoms with Crippen LogP contribution in [-0.2, 0) is 19.1 Å². The van der Waals surface area contributed by atoms with Crippen molar-refractivity contribution in [3.63, 3.8) is 0 Å². The number of fused-ring (bicyclic) bond motifs is 3. The summed E-state index contributed by atoms with van der Waals surface area (Å²) in [6.45, 7) is 0. The summed E-state index contributed by atoms with van der Waals surface area (Å²) in [5.74, 6) is -2.14. The molecule has 4 aromatic rings. The second kappa shape index (κ2) is 11.3. The van der Waals surface area contributed by atoms with Crippen LogP contribution in [0.1, 0.15) is 45.9 Å². The number of hydrogen-bond acceptors (Lipinski definition) is 6. The Hall–Kier alpha value is -4.67. The van der Waals surface area contributed by atoms with E-state index in [9.17, 15) is 14.9 Å². The van der Waals surface area contributed by atoms with E-state index < -0.39 is 41.5 Å². The van der Waals surface area contributed by atoms with Crippen molar-refractivity contribution < 1.29 is 19.1 Å². The van der Waals surface area contributed by atoms with Gasteiger partial charge in [0.25, 0.3) is 0 Å². The number of halogens is 1. The Labute approximate surface area is 252 Å². The summed E-state index contributed by atoms with van der Waals surface area (Å²) in [6, 6.07) is 34.6. The molecule has 6 nitrogen and oxygen atoms in total. The minimum atomic E-state index is -1.75. The number of ether oxygens (including phenoxy) is 2. The first-order valence-corrected chi connectivity index (χ1v) is 14.4. The Morgan fingerprint density at radius 2 is 1.48 bits per heavy atom. The molecule has 0 spiro atoms. The number of esters is 2. The highest BCUT2D eigenvalue weighted by atomic mass is 79.9. The van der Waals surface area contributed by atoms with E-state index in [4.69, 9.17) is 9.47 Å². The molecule has 4 aromatic carbocycles. The maximum absolute atomic E-state index is 14.6. The number of nitriles is 1.